The third-order valence-electron chi connectivity index (χ3n) is 3.16. The summed E-state index contributed by atoms with van der Waals surface area (Å²) in [6, 6.07) is 5.72. The molecule has 21 heavy (non-hydrogen) atoms. The number of anilines is 1. The minimum absolute atomic E-state index is 0.0751. The highest BCUT2D eigenvalue weighted by molar-refractivity contribution is 6.01. The van der Waals surface area contributed by atoms with Crippen LogP contribution in [0.4, 0.5) is 10.5 Å². The fraction of sp³-hybridized carbons (Fsp3) is 0.214. The Kier molecular flexibility index (Phi) is 4.22. The van der Waals surface area contributed by atoms with Crippen LogP contribution in [0, 0.1) is 0 Å². The maximum Gasteiger partial charge on any atom is 0.337 e. The topological polar surface area (TPSA) is 98.3 Å². The molecule has 0 bridgehead atoms. The summed E-state index contributed by atoms with van der Waals surface area (Å²) in [4.78, 5) is 24.7. The molecule has 0 aliphatic heterocycles. The maximum atomic E-state index is 12.2. The summed E-state index contributed by atoms with van der Waals surface area (Å²) >= 11 is 0. The number of aromatic nitrogens is 2. The van der Waals surface area contributed by atoms with Gasteiger partial charge < -0.3 is 10.4 Å². The Morgan fingerprint density at radius 1 is 1.38 bits per heavy atom. The molecule has 2 amide bonds. The number of amides is 2. The summed E-state index contributed by atoms with van der Waals surface area (Å²) in [6.45, 7) is 1.82. The summed E-state index contributed by atoms with van der Waals surface area (Å²) in [6.07, 6.45) is 3.31. The molecule has 1 heterocycles. The molecule has 0 saturated heterocycles. The number of carboxylic acid groups (broad SMARTS) is 1. The third-order valence-corrected chi connectivity index (χ3v) is 3.16. The van der Waals surface area contributed by atoms with Crippen molar-refractivity contribution in [2.75, 3.05) is 11.9 Å². The fourth-order valence-corrected chi connectivity index (χ4v) is 1.92. The standard InChI is InChI=1S/C14H16N4O3/c1-9(10-7-15-16-8-10)17-14(21)18(2)12-6-4-3-5-11(12)13(19)20/h3-9H,1-2H3,(H,15,16)(H,17,21)(H,19,20). The van der Waals surface area contributed by atoms with E-state index >= 15 is 0 Å². The fourth-order valence-electron chi connectivity index (χ4n) is 1.92. The van der Waals surface area contributed by atoms with E-state index < -0.39 is 12.0 Å². The van der Waals surface area contributed by atoms with Gasteiger partial charge in [0.05, 0.1) is 23.5 Å². The lowest BCUT2D eigenvalue weighted by Crippen LogP contribution is -2.39. The van der Waals surface area contributed by atoms with Crippen molar-refractivity contribution < 1.29 is 14.7 Å². The average Bonchev–Trinajstić information content (AvgIpc) is 3.00. The first-order valence-electron chi connectivity index (χ1n) is 6.36. The Bertz CT molecular complexity index is 639. The van der Waals surface area contributed by atoms with E-state index in [-0.39, 0.29) is 11.6 Å². The van der Waals surface area contributed by atoms with Crippen molar-refractivity contribution in [3.05, 3.63) is 47.8 Å². The molecule has 3 N–H and O–H groups in total. The maximum absolute atomic E-state index is 12.2. The van der Waals surface area contributed by atoms with Crippen LogP contribution >= 0.6 is 0 Å². The van der Waals surface area contributed by atoms with Crippen molar-refractivity contribution in [2.45, 2.75) is 13.0 Å². The zero-order valence-corrected chi connectivity index (χ0v) is 11.7. The smallest absolute Gasteiger partial charge is 0.337 e. The number of nitrogens with one attached hydrogen (secondary N) is 2. The number of para-hydroxylation sites is 1. The van der Waals surface area contributed by atoms with Crippen molar-refractivity contribution in [3.63, 3.8) is 0 Å². The monoisotopic (exact) mass is 288 g/mol. The van der Waals surface area contributed by atoms with Crippen molar-refractivity contribution in [1.82, 2.24) is 15.5 Å². The van der Waals surface area contributed by atoms with Crippen LogP contribution in [0.5, 0.6) is 0 Å². The lowest BCUT2D eigenvalue weighted by atomic mass is 10.1. The van der Waals surface area contributed by atoms with Gasteiger partial charge in [-0.15, -0.1) is 0 Å². The van der Waals surface area contributed by atoms with Gasteiger partial charge in [0.1, 0.15) is 0 Å². The van der Waals surface area contributed by atoms with E-state index in [0.717, 1.165) is 5.56 Å². The number of rotatable bonds is 4. The molecule has 0 aliphatic carbocycles. The van der Waals surface area contributed by atoms with E-state index in [1.165, 1.54) is 18.0 Å². The Morgan fingerprint density at radius 2 is 2.10 bits per heavy atom. The van der Waals surface area contributed by atoms with E-state index in [9.17, 15) is 9.59 Å². The number of carbonyl (C=O) groups excluding carboxylic acids is 1. The number of urea groups is 1. The first-order chi connectivity index (χ1) is 10.0. The highest BCUT2D eigenvalue weighted by Crippen LogP contribution is 2.20. The normalized spacial score (nSPS) is 11.7. The summed E-state index contributed by atoms with van der Waals surface area (Å²) in [5.74, 6) is -1.08. The Hall–Kier alpha value is -2.83. The van der Waals surface area contributed by atoms with Gasteiger partial charge in [-0.1, -0.05) is 12.1 Å². The molecular formula is C14H16N4O3. The molecule has 7 heteroatoms. The van der Waals surface area contributed by atoms with Crippen LogP contribution in [-0.2, 0) is 0 Å². The number of aromatic carboxylic acids is 1. The van der Waals surface area contributed by atoms with Gasteiger partial charge in [0.15, 0.2) is 0 Å². The van der Waals surface area contributed by atoms with E-state index in [1.807, 2.05) is 6.92 Å². The first kappa shape index (κ1) is 14.6. The number of hydrogen-bond acceptors (Lipinski definition) is 3. The molecule has 0 radical (unpaired) electrons. The minimum atomic E-state index is -1.08. The highest BCUT2D eigenvalue weighted by atomic mass is 16.4. The number of carbonyl (C=O) groups is 2. The zero-order valence-electron chi connectivity index (χ0n) is 11.7. The van der Waals surface area contributed by atoms with Gasteiger partial charge in [0.2, 0.25) is 0 Å². The van der Waals surface area contributed by atoms with Crippen LogP contribution in [0.1, 0.15) is 28.9 Å². The zero-order chi connectivity index (χ0) is 15.4. The summed E-state index contributed by atoms with van der Waals surface area (Å²) in [5, 5.41) is 18.4. The largest absolute Gasteiger partial charge is 0.478 e. The predicted molar refractivity (Wildman–Crippen MR) is 77.3 cm³/mol. The second-order valence-corrected chi connectivity index (χ2v) is 4.58. The molecule has 1 unspecified atom stereocenters. The van der Waals surface area contributed by atoms with Gasteiger partial charge in [0.25, 0.3) is 0 Å². The van der Waals surface area contributed by atoms with Crippen molar-refractivity contribution in [2.24, 2.45) is 0 Å². The molecule has 110 valence electrons. The lowest BCUT2D eigenvalue weighted by molar-refractivity contribution is 0.0697. The second kappa shape index (κ2) is 6.08. The minimum Gasteiger partial charge on any atom is -0.478 e. The van der Waals surface area contributed by atoms with Crippen molar-refractivity contribution >= 4 is 17.7 Å². The molecule has 0 fully saturated rings. The van der Waals surface area contributed by atoms with Gasteiger partial charge in [-0.3, -0.25) is 10.00 Å². The molecule has 1 atom stereocenters. The molecule has 1 aromatic carbocycles. The van der Waals surface area contributed by atoms with Crippen LogP contribution in [-0.4, -0.2) is 34.4 Å². The average molecular weight is 288 g/mol. The van der Waals surface area contributed by atoms with E-state index in [1.54, 1.807) is 30.6 Å². The Balaban J connectivity index is 2.14. The molecule has 0 saturated carbocycles. The molecule has 0 spiro atoms. The Labute approximate surface area is 121 Å². The summed E-state index contributed by atoms with van der Waals surface area (Å²) in [5.41, 5.74) is 1.25. The van der Waals surface area contributed by atoms with Crippen molar-refractivity contribution in [1.29, 1.82) is 0 Å². The van der Waals surface area contributed by atoms with Crippen LogP contribution in [0.3, 0.4) is 0 Å². The highest BCUT2D eigenvalue weighted by Gasteiger charge is 2.19. The number of benzene rings is 1. The van der Waals surface area contributed by atoms with Crippen LogP contribution in [0.2, 0.25) is 0 Å². The quantitative estimate of drug-likeness (QED) is 0.801. The first-order valence-corrected chi connectivity index (χ1v) is 6.36. The number of aromatic amines is 1. The van der Waals surface area contributed by atoms with Gasteiger partial charge in [-0.25, -0.2) is 9.59 Å². The van der Waals surface area contributed by atoms with Crippen LogP contribution in [0.25, 0.3) is 0 Å². The van der Waals surface area contributed by atoms with Crippen LogP contribution in [0.15, 0.2) is 36.7 Å². The van der Waals surface area contributed by atoms with Gasteiger partial charge in [-0.2, -0.15) is 5.10 Å². The third kappa shape index (κ3) is 3.19. The van der Waals surface area contributed by atoms with E-state index in [4.69, 9.17) is 5.11 Å². The number of carboxylic acids is 1. The molecule has 2 aromatic rings. The SMILES string of the molecule is CC(NC(=O)N(C)c1ccccc1C(=O)O)c1cn[nH]c1. The number of nitrogens with zero attached hydrogens (tertiary/aromatic N) is 2. The molecular weight excluding hydrogens is 272 g/mol. The molecule has 0 aliphatic rings. The molecule has 1 aromatic heterocycles. The van der Waals surface area contributed by atoms with E-state index in [2.05, 4.69) is 15.5 Å². The molecule has 2 rings (SSSR count). The summed E-state index contributed by atoms with van der Waals surface area (Å²) < 4.78 is 0. The van der Waals surface area contributed by atoms with Crippen LogP contribution < -0.4 is 10.2 Å². The van der Waals surface area contributed by atoms with Gasteiger partial charge in [-0.05, 0) is 19.1 Å². The van der Waals surface area contributed by atoms with Gasteiger partial charge in [0, 0.05) is 18.8 Å². The number of hydrogen-bond donors (Lipinski definition) is 3. The Morgan fingerprint density at radius 3 is 2.71 bits per heavy atom. The summed E-state index contributed by atoms with van der Waals surface area (Å²) in [7, 11) is 1.53. The molecule has 7 nitrogen and oxygen atoms in total. The second-order valence-electron chi connectivity index (χ2n) is 4.58. The number of H-pyrrole nitrogens is 1. The predicted octanol–water partition coefficient (Wildman–Crippen LogP) is 2.01. The van der Waals surface area contributed by atoms with E-state index in [0.29, 0.717) is 5.69 Å². The lowest BCUT2D eigenvalue weighted by Gasteiger charge is -2.22. The van der Waals surface area contributed by atoms with Crippen molar-refractivity contribution in [3.8, 4) is 0 Å². The van der Waals surface area contributed by atoms with Gasteiger partial charge >= 0.3 is 12.0 Å².